The van der Waals surface area contributed by atoms with Crippen LogP contribution in [0.1, 0.15) is 18.1 Å². The first-order chi connectivity index (χ1) is 11.8. The predicted octanol–water partition coefficient (Wildman–Crippen LogP) is 3.59. The van der Waals surface area contributed by atoms with Gasteiger partial charge in [-0.2, -0.15) is 4.98 Å². The summed E-state index contributed by atoms with van der Waals surface area (Å²) in [6.45, 7) is 1.01. The van der Waals surface area contributed by atoms with E-state index in [1.54, 1.807) is 6.07 Å². The highest BCUT2D eigenvalue weighted by molar-refractivity contribution is 5.58. The number of pyridine rings is 1. The second kappa shape index (κ2) is 7.50. The van der Waals surface area contributed by atoms with E-state index in [1.807, 2.05) is 0 Å². The standard InChI is InChI=1S/C17H20F3N3O2/c1-17(19,20)11-9-14(16(25-3)23-15(11)24-2)22-8-7-10-12(18)5-4-6-13(10)21/h4-6,9,22H,7-8,21H2,1-3H3. The number of hydrogen-bond acceptors (Lipinski definition) is 5. The van der Waals surface area contributed by atoms with Crippen molar-refractivity contribution in [3.63, 3.8) is 0 Å². The Bertz CT molecular complexity index is 728. The third-order valence-electron chi connectivity index (χ3n) is 3.66. The molecule has 0 saturated carbocycles. The van der Waals surface area contributed by atoms with Crippen LogP contribution in [-0.4, -0.2) is 25.7 Å². The van der Waals surface area contributed by atoms with Crippen molar-refractivity contribution in [3.8, 4) is 11.8 Å². The molecule has 0 spiro atoms. The minimum Gasteiger partial charge on any atom is -0.481 e. The Balaban J connectivity index is 2.24. The van der Waals surface area contributed by atoms with Gasteiger partial charge in [0.15, 0.2) is 0 Å². The van der Waals surface area contributed by atoms with Crippen LogP contribution in [0.15, 0.2) is 24.3 Å². The highest BCUT2D eigenvalue weighted by Crippen LogP contribution is 2.38. The Morgan fingerprint density at radius 3 is 2.44 bits per heavy atom. The lowest BCUT2D eigenvalue weighted by Gasteiger charge is -2.18. The van der Waals surface area contributed by atoms with Crippen LogP contribution >= 0.6 is 0 Å². The van der Waals surface area contributed by atoms with Crippen LogP contribution in [0.2, 0.25) is 0 Å². The third kappa shape index (κ3) is 4.26. The SMILES string of the molecule is COc1nc(OC)c(C(C)(F)F)cc1NCCc1c(N)cccc1F. The summed E-state index contributed by atoms with van der Waals surface area (Å²) in [5.74, 6) is -3.67. The van der Waals surface area contributed by atoms with Crippen molar-refractivity contribution >= 4 is 11.4 Å². The Labute approximate surface area is 144 Å². The number of nitrogen functional groups attached to an aromatic ring is 1. The van der Waals surface area contributed by atoms with Crippen LogP contribution in [0.4, 0.5) is 24.5 Å². The van der Waals surface area contributed by atoms with Gasteiger partial charge < -0.3 is 20.5 Å². The lowest BCUT2D eigenvalue weighted by molar-refractivity contribution is 0.0144. The number of ether oxygens (including phenoxy) is 2. The number of hydrogen-bond donors (Lipinski definition) is 2. The Kier molecular flexibility index (Phi) is 5.61. The van der Waals surface area contributed by atoms with Crippen LogP contribution in [0.5, 0.6) is 11.8 Å². The second-order valence-corrected chi connectivity index (χ2v) is 5.47. The number of benzene rings is 1. The maximum atomic E-state index is 13.8. The molecule has 0 bridgehead atoms. The van der Waals surface area contributed by atoms with Gasteiger partial charge in [-0.15, -0.1) is 0 Å². The first-order valence-corrected chi connectivity index (χ1v) is 7.56. The molecule has 25 heavy (non-hydrogen) atoms. The van der Waals surface area contributed by atoms with E-state index in [0.717, 1.165) is 6.92 Å². The summed E-state index contributed by atoms with van der Waals surface area (Å²) < 4.78 is 51.3. The average Bonchev–Trinajstić information content (AvgIpc) is 2.56. The normalized spacial score (nSPS) is 11.3. The molecule has 5 nitrogen and oxygen atoms in total. The van der Waals surface area contributed by atoms with E-state index in [1.165, 1.54) is 32.4 Å². The van der Waals surface area contributed by atoms with E-state index in [-0.39, 0.29) is 36.0 Å². The summed E-state index contributed by atoms with van der Waals surface area (Å²) in [5, 5.41) is 2.93. The molecule has 0 aliphatic heterocycles. The largest absolute Gasteiger partial charge is 0.481 e. The molecule has 0 radical (unpaired) electrons. The maximum Gasteiger partial charge on any atom is 0.275 e. The fraction of sp³-hybridized carbons (Fsp3) is 0.353. The lowest BCUT2D eigenvalue weighted by atomic mass is 10.1. The van der Waals surface area contributed by atoms with E-state index in [2.05, 4.69) is 10.3 Å². The number of anilines is 2. The quantitative estimate of drug-likeness (QED) is 0.743. The van der Waals surface area contributed by atoms with Crippen LogP contribution in [-0.2, 0) is 12.3 Å². The van der Waals surface area contributed by atoms with Crippen LogP contribution in [0, 0.1) is 5.82 Å². The van der Waals surface area contributed by atoms with Crippen molar-refractivity contribution in [3.05, 3.63) is 41.2 Å². The first kappa shape index (κ1) is 18.7. The van der Waals surface area contributed by atoms with Gasteiger partial charge in [0.2, 0.25) is 11.8 Å². The molecule has 136 valence electrons. The molecule has 0 unspecified atom stereocenters. The Morgan fingerprint density at radius 1 is 1.20 bits per heavy atom. The molecule has 0 aliphatic carbocycles. The molecule has 1 heterocycles. The third-order valence-corrected chi connectivity index (χ3v) is 3.66. The number of aromatic nitrogens is 1. The van der Waals surface area contributed by atoms with Crippen LogP contribution in [0.3, 0.4) is 0 Å². The van der Waals surface area contributed by atoms with Crippen LogP contribution < -0.4 is 20.5 Å². The zero-order valence-electron chi connectivity index (χ0n) is 14.2. The Morgan fingerprint density at radius 2 is 1.88 bits per heavy atom. The van der Waals surface area contributed by atoms with Gasteiger partial charge >= 0.3 is 0 Å². The fourth-order valence-corrected chi connectivity index (χ4v) is 2.39. The molecule has 2 aromatic rings. The monoisotopic (exact) mass is 355 g/mol. The van der Waals surface area contributed by atoms with E-state index in [0.29, 0.717) is 11.3 Å². The van der Waals surface area contributed by atoms with Crippen molar-refractivity contribution < 1.29 is 22.6 Å². The first-order valence-electron chi connectivity index (χ1n) is 7.56. The molecular formula is C17H20F3N3O2. The predicted molar refractivity (Wildman–Crippen MR) is 89.9 cm³/mol. The van der Waals surface area contributed by atoms with Crippen molar-refractivity contribution in [2.24, 2.45) is 0 Å². The summed E-state index contributed by atoms with van der Waals surface area (Å²) in [5.41, 5.74) is 6.34. The molecule has 1 aromatic heterocycles. The van der Waals surface area contributed by atoms with E-state index >= 15 is 0 Å². The molecule has 0 saturated heterocycles. The molecule has 0 atom stereocenters. The van der Waals surface area contributed by atoms with Crippen molar-refractivity contribution in [2.45, 2.75) is 19.3 Å². The van der Waals surface area contributed by atoms with Gasteiger partial charge in [-0.3, -0.25) is 0 Å². The van der Waals surface area contributed by atoms with Gasteiger partial charge in [-0.25, -0.2) is 13.2 Å². The number of methoxy groups -OCH3 is 2. The zero-order valence-corrected chi connectivity index (χ0v) is 14.2. The molecule has 0 amide bonds. The van der Waals surface area contributed by atoms with E-state index < -0.39 is 11.7 Å². The summed E-state index contributed by atoms with van der Waals surface area (Å²) >= 11 is 0. The van der Waals surface area contributed by atoms with Gasteiger partial charge in [-0.05, 0) is 24.6 Å². The van der Waals surface area contributed by atoms with Crippen molar-refractivity contribution in [1.82, 2.24) is 4.98 Å². The van der Waals surface area contributed by atoms with Crippen molar-refractivity contribution in [1.29, 1.82) is 0 Å². The van der Waals surface area contributed by atoms with Gasteiger partial charge in [0.1, 0.15) is 5.82 Å². The number of alkyl halides is 2. The number of nitrogens with zero attached hydrogens (tertiary/aromatic N) is 1. The zero-order chi connectivity index (χ0) is 18.6. The smallest absolute Gasteiger partial charge is 0.275 e. The van der Waals surface area contributed by atoms with Gasteiger partial charge in [-0.1, -0.05) is 6.07 Å². The van der Waals surface area contributed by atoms with E-state index in [9.17, 15) is 13.2 Å². The summed E-state index contributed by atoms with van der Waals surface area (Å²) in [4.78, 5) is 3.95. The summed E-state index contributed by atoms with van der Waals surface area (Å²) in [6.07, 6.45) is 0.269. The van der Waals surface area contributed by atoms with Crippen LogP contribution in [0.25, 0.3) is 0 Å². The van der Waals surface area contributed by atoms with Gasteiger partial charge in [0.25, 0.3) is 5.92 Å². The topological polar surface area (TPSA) is 69.4 Å². The molecular weight excluding hydrogens is 335 g/mol. The van der Waals surface area contributed by atoms with E-state index in [4.69, 9.17) is 15.2 Å². The average molecular weight is 355 g/mol. The number of rotatable bonds is 7. The molecule has 3 N–H and O–H groups in total. The highest BCUT2D eigenvalue weighted by atomic mass is 19.3. The second-order valence-electron chi connectivity index (χ2n) is 5.47. The molecule has 2 rings (SSSR count). The minimum atomic E-state index is -3.14. The minimum absolute atomic E-state index is 0.103. The number of nitrogens with one attached hydrogen (secondary N) is 1. The summed E-state index contributed by atoms with van der Waals surface area (Å²) in [6, 6.07) is 5.66. The Hall–Kier alpha value is -2.64. The molecule has 0 fully saturated rings. The lowest BCUT2D eigenvalue weighted by Crippen LogP contribution is -2.14. The highest BCUT2D eigenvalue weighted by Gasteiger charge is 2.31. The molecule has 8 heteroatoms. The summed E-state index contributed by atoms with van der Waals surface area (Å²) in [7, 11) is 2.62. The fourth-order valence-electron chi connectivity index (χ4n) is 2.39. The maximum absolute atomic E-state index is 13.8. The number of nitrogens with two attached hydrogens (primary N) is 1. The number of halogens is 3. The van der Waals surface area contributed by atoms with Gasteiger partial charge in [0, 0.05) is 24.7 Å². The molecule has 1 aromatic carbocycles. The molecule has 0 aliphatic rings. The van der Waals surface area contributed by atoms with Gasteiger partial charge in [0.05, 0.1) is 25.5 Å². The van der Waals surface area contributed by atoms with Crippen molar-refractivity contribution in [2.75, 3.05) is 31.8 Å².